The molecular formula is C18H16N6O3. The van der Waals surface area contributed by atoms with E-state index in [4.69, 9.17) is 5.73 Å². The molecule has 1 unspecified atom stereocenters. The van der Waals surface area contributed by atoms with Crippen LogP contribution in [0.3, 0.4) is 0 Å². The summed E-state index contributed by atoms with van der Waals surface area (Å²) in [7, 11) is 0. The number of nitrogens with two attached hydrogens (primary N) is 1. The second-order valence-electron chi connectivity index (χ2n) is 5.72. The van der Waals surface area contributed by atoms with Crippen LogP contribution in [0.1, 0.15) is 16.1 Å². The Kier molecular flexibility index (Phi) is 5.31. The highest BCUT2D eigenvalue weighted by molar-refractivity contribution is 6.38. The number of hydrogen-bond acceptors (Lipinski definition) is 6. The number of nitrogens with one attached hydrogen (secondary N) is 2. The lowest BCUT2D eigenvalue weighted by Gasteiger charge is -2.16. The third-order valence-electron chi connectivity index (χ3n) is 3.86. The molecule has 2 amide bonds. The summed E-state index contributed by atoms with van der Waals surface area (Å²) < 4.78 is 0. The Labute approximate surface area is 154 Å². The van der Waals surface area contributed by atoms with E-state index < -0.39 is 23.6 Å². The van der Waals surface area contributed by atoms with Gasteiger partial charge in [0.1, 0.15) is 6.04 Å². The van der Waals surface area contributed by atoms with Gasteiger partial charge in [0.2, 0.25) is 5.78 Å². The van der Waals surface area contributed by atoms with Gasteiger partial charge in [0.05, 0.1) is 5.69 Å². The fourth-order valence-electron chi connectivity index (χ4n) is 2.56. The molecule has 0 aliphatic carbocycles. The Morgan fingerprint density at radius 1 is 1.11 bits per heavy atom. The quantitative estimate of drug-likeness (QED) is 0.513. The monoisotopic (exact) mass is 364 g/mol. The topological polar surface area (TPSA) is 144 Å². The smallest absolute Gasteiger partial charge is 0.287 e. The number of rotatable bonds is 7. The van der Waals surface area contributed by atoms with Gasteiger partial charge in [0.15, 0.2) is 5.69 Å². The number of nitrogens with zero attached hydrogens (tertiary/aromatic N) is 3. The second-order valence-corrected chi connectivity index (χ2v) is 5.72. The molecule has 0 bridgehead atoms. The van der Waals surface area contributed by atoms with Crippen LogP contribution >= 0.6 is 0 Å². The lowest BCUT2D eigenvalue weighted by Crippen LogP contribution is -2.47. The Balaban J connectivity index is 1.84. The summed E-state index contributed by atoms with van der Waals surface area (Å²) in [6.45, 7) is 0. The summed E-state index contributed by atoms with van der Waals surface area (Å²) in [5.74, 6) is -2.67. The van der Waals surface area contributed by atoms with E-state index >= 15 is 0 Å². The van der Waals surface area contributed by atoms with Crippen LogP contribution in [0.25, 0.3) is 11.3 Å². The molecule has 136 valence electrons. The van der Waals surface area contributed by atoms with Gasteiger partial charge in [-0.15, -0.1) is 5.10 Å². The lowest BCUT2D eigenvalue weighted by atomic mass is 10.0. The molecule has 0 aliphatic rings. The summed E-state index contributed by atoms with van der Waals surface area (Å²) >= 11 is 0. The van der Waals surface area contributed by atoms with E-state index in [1.54, 1.807) is 48.8 Å². The maximum Gasteiger partial charge on any atom is 0.287 e. The highest BCUT2D eigenvalue weighted by atomic mass is 16.2. The molecule has 3 aromatic rings. The zero-order valence-corrected chi connectivity index (χ0v) is 14.1. The van der Waals surface area contributed by atoms with Crippen molar-refractivity contribution in [1.82, 2.24) is 25.7 Å². The Bertz CT molecular complexity index is 955. The van der Waals surface area contributed by atoms with Gasteiger partial charge < -0.3 is 11.1 Å². The van der Waals surface area contributed by atoms with Gasteiger partial charge >= 0.3 is 0 Å². The number of primary amides is 1. The molecule has 2 aromatic heterocycles. The van der Waals surface area contributed by atoms with Crippen molar-refractivity contribution in [2.24, 2.45) is 5.73 Å². The first kappa shape index (κ1) is 17.9. The van der Waals surface area contributed by atoms with Gasteiger partial charge in [-0.1, -0.05) is 35.5 Å². The number of amides is 2. The normalized spacial score (nSPS) is 11.6. The van der Waals surface area contributed by atoms with Crippen LogP contribution in [0.15, 0.2) is 54.9 Å². The van der Waals surface area contributed by atoms with Gasteiger partial charge in [-0.3, -0.25) is 24.5 Å². The van der Waals surface area contributed by atoms with Gasteiger partial charge in [-0.25, -0.2) is 0 Å². The summed E-state index contributed by atoms with van der Waals surface area (Å²) in [5.41, 5.74) is 6.83. The maximum atomic E-state index is 12.7. The van der Waals surface area contributed by atoms with Gasteiger partial charge in [-0.2, -0.15) is 0 Å². The molecule has 9 heteroatoms. The van der Waals surface area contributed by atoms with Crippen LogP contribution in [0.5, 0.6) is 0 Å². The number of ketones is 1. The Morgan fingerprint density at radius 3 is 2.56 bits per heavy atom. The van der Waals surface area contributed by atoms with E-state index in [0.717, 1.165) is 5.56 Å². The highest BCUT2D eigenvalue weighted by Gasteiger charge is 2.28. The number of aromatic amines is 1. The predicted octanol–water partition coefficient (Wildman–Crippen LogP) is 0.262. The molecule has 27 heavy (non-hydrogen) atoms. The molecule has 0 spiro atoms. The first-order valence-electron chi connectivity index (χ1n) is 8.06. The third kappa shape index (κ3) is 4.21. The van der Waals surface area contributed by atoms with Crippen LogP contribution in [-0.2, 0) is 16.0 Å². The highest BCUT2D eigenvalue weighted by Crippen LogP contribution is 2.18. The molecule has 0 saturated carbocycles. The Morgan fingerprint density at radius 2 is 1.89 bits per heavy atom. The van der Waals surface area contributed by atoms with E-state index in [2.05, 4.69) is 25.7 Å². The average Bonchev–Trinajstić information content (AvgIpc) is 3.18. The second kappa shape index (κ2) is 8.00. The first-order valence-corrected chi connectivity index (χ1v) is 8.06. The molecule has 0 aliphatic heterocycles. The van der Waals surface area contributed by atoms with E-state index in [-0.39, 0.29) is 12.1 Å². The summed E-state index contributed by atoms with van der Waals surface area (Å²) in [5, 5.41) is 12.6. The van der Waals surface area contributed by atoms with E-state index in [1.807, 2.05) is 6.07 Å². The molecule has 4 N–H and O–H groups in total. The largest absolute Gasteiger partial charge is 0.363 e. The molecular weight excluding hydrogens is 348 g/mol. The third-order valence-corrected chi connectivity index (χ3v) is 3.86. The average molecular weight is 364 g/mol. The van der Waals surface area contributed by atoms with Crippen molar-refractivity contribution in [1.29, 1.82) is 0 Å². The number of carbonyl (C=O) groups excluding carboxylic acids is 3. The van der Waals surface area contributed by atoms with Gasteiger partial charge in [-0.05, 0) is 17.7 Å². The number of Topliss-reactive ketones (excluding diaryl/α,β-unsaturated/α-hetero) is 1. The van der Waals surface area contributed by atoms with Crippen molar-refractivity contribution in [2.75, 3.05) is 0 Å². The van der Waals surface area contributed by atoms with Crippen LogP contribution < -0.4 is 11.1 Å². The molecule has 3 rings (SSSR count). The van der Waals surface area contributed by atoms with Crippen molar-refractivity contribution in [2.45, 2.75) is 12.5 Å². The molecule has 0 fully saturated rings. The Hall–Kier alpha value is -3.88. The number of H-pyrrole nitrogens is 1. The summed E-state index contributed by atoms with van der Waals surface area (Å²) in [6.07, 6.45) is 3.25. The molecule has 0 radical (unpaired) electrons. The SMILES string of the molecule is NC(=O)C(=O)C(Cc1ccccc1)NC(=O)c1nn[nH]c1-c1cccnc1. The molecule has 0 saturated heterocycles. The zero-order chi connectivity index (χ0) is 19.2. The van der Waals surface area contributed by atoms with Crippen molar-refractivity contribution in [3.8, 4) is 11.3 Å². The van der Waals surface area contributed by atoms with Gasteiger partial charge in [0.25, 0.3) is 11.8 Å². The van der Waals surface area contributed by atoms with E-state index in [9.17, 15) is 14.4 Å². The fraction of sp³-hybridized carbons (Fsp3) is 0.111. The van der Waals surface area contributed by atoms with Gasteiger partial charge in [0, 0.05) is 24.4 Å². The fourth-order valence-corrected chi connectivity index (χ4v) is 2.56. The maximum absolute atomic E-state index is 12.7. The molecule has 2 heterocycles. The van der Waals surface area contributed by atoms with Crippen molar-refractivity contribution in [3.63, 3.8) is 0 Å². The van der Waals surface area contributed by atoms with Crippen LogP contribution in [0.2, 0.25) is 0 Å². The van der Waals surface area contributed by atoms with Crippen molar-refractivity contribution < 1.29 is 14.4 Å². The minimum Gasteiger partial charge on any atom is -0.363 e. The van der Waals surface area contributed by atoms with Crippen LogP contribution in [0.4, 0.5) is 0 Å². The number of hydrogen-bond donors (Lipinski definition) is 3. The predicted molar refractivity (Wildman–Crippen MR) is 95.2 cm³/mol. The van der Waals surface area contributed by atoms with Crippen molar-refractivity contribution in [3.05, 3.63) is 66.1 Å². The molecule has 1 aromatic carbocycles. The lowest BCUT2D eigenvalue weighted by molar-refractivity contribution is -0.137. The van der Waals surface area contributed by atoms with Crippen LogP contribution in [0, 0.1) is 0 Å². The molecule has 9 nitrogen and oxygen atoms in total. The molecule has 1 atom stereocenters. The standard InChI is InChI=1S/C18H16N6O3/c19-17(26)16(25)13(9-11-5-2-1-3-6-11)21-18(27)15-14(22-24-23-15)12-7-4-8-20-10-12/h1-8,10,13H,9H2,(H2,19,26)(H,21,27)(H,22,23,24). The summed E-state index contributed by atoms with van der Waals surface area (Å²) in [6, 6.07) is 11.3. The van der Waals surface area contributed by atoms with Crippen LogP contribution in [-0.4, -0.2) is 44.0 Å². The number of pyridine rings is 1. The minimum absolute atomic E-state index is 0.0154. The first-order chi connectivity index (χ1) is 13.1. The summed E-state index contributed by atoms with van der Waals surface area (Å²) in [4.78, 5) is 40.2. The van der Waals surface area contributed by atoms with E-state index in [1.165, 1.54) is 0 Å². The number of benzene rings is 1. The van der Waals surface area contributed by atoms with E-state index in [0.29, 0.717) is 11.3 Å². The van der Waals surface area contributed by atoms with Crippen molar-refractivity contribution >= 4 is 17.6 Å². The minimum atomic E-state index is -1.12. The zero-order valence-electron chi connectivity index (χ0n) is 14.1. The number of carbonyl (C=O) groups is 3. The number of aromatic nitrogens is 4.